The van der Waals surface area contributed by atoms with Crippen molar-refractivity contribution in [1.29, 1.82) is 0 Å². The van der Waals surface area contributed by atoms with Gasteiger partial charge in [-0.15, -0.1) is 0 Å². The molecule has 0 spiro atoms. The van der Waals surface area contributed by atoms with E-state index in [1.807, 2.05) is 6.07 Å². The Balaban J connectivity index is 1.90. The number of hydrogen-bond acceptors (Lipinski definition) is 4. The lowest BCUT2D eigenvalue weighted by atomic mass is 10.3. The van der Waals surface area contributed by atoms with Crippen molar-refractivity contribution in [1.82, 2.24) is 9.97 Å². The van der Waals surface area contributed by atoms with E-state index < -0.39 is 5.82 Å². The summed E-state index contributed by atoms with van der Waals surface area (Å²) >= 11 is 6.03. The Kier molecular flexibility index (Phi) is 4.80. The molecule has 3 rings (SSSR count). The van der Waals surface area contributed by atoms with E-state index in [-0.39, 0.29) is 11.8 Å². The number of nitrogens with zero attached hydrogens (tertiary/aromatic N) is 4. The first-order valence-electron chi connectivity index (χ1n) is 7.70. The molecule has 0 saturated heterocycles. The van der Waals surface area contributed by atoms with E-state index in [0.29, 0.717) is 17.5 Å². The van der Waals surface area contributed by atoms with Gasteiger partial charge in [-0.2, -0.15) is 0 Å². The van der Waals surface area contributed by atoms with Crippen LogP contribution in [0.5, 0.6) is 0 Å². The van der Waals surface area contributed by atoms with Crippen LogP contribution in [0.1, 0.15) is 13.3 Å². The van der Waals surface area contributed by atoms with E-state index in [1.165, 1.54) is 12.1 Å². The molecule has 2 aromatic rings. The van der Waals surface area contributed by atoms with Gasteiger partial charge in [-0.05, 0) is 37.6 Å². The first-order valence-corrected chi connectivity index (χ1v) is 8.08. The highest BCUT2D eigenvalue weighted by molar-refractivity contribution is 6.29. The highest BCUT2D eigenvalue weighted by Gasteiger charge is 2.26. The van der Waals surface area contributed by atoms with Crippen molar-refractivity contribution in [2.75, 3.05) is 34.8 Å². The van der Waals surface area contributed by atoms with Crippen molar-refractivity contribution in [3.8, 4) is 0 Å². The van der Waals surface area contributed by atoms with Gasteiger partial charge in [0.2, 0.25) is 0 Å². The normalized spacial score (nSPS) is 14.1. The van der Waals surface area contributed by atoms with Crippen LogP contribution in [0.15, 0.2) is 30.5 Å². The molecule has 1 aliphatic heterocycles. The van der Waals surface area contributed by atoms with Gasteiger partial charge < -0.3 is 4.90 Å². The van der Waals surface area contributed by atoms with Crippen LogP contribution in [0.4, 0.5) is 26.5 Å². The number of carbonyl (C=O) groups is 1. The first-order chi connectivity index (χ1) is 11.6. The van der Waals surface area contributed by atoms with Crippen LogP contribution in [-0.2, 0) is 0 Å². The Labute approximate surface area is 144 Å². The van der Waals surface area contributed by atoms with Crippen molar-refractivity contribution in [3.63, 3.8) is 0 Å². The molecular weight excluding hydrogens is 333 g/mol. The molecule has 0 radical (unpaired) electrons. The monoisotopic (exact) mass is 349 g/mol. The molecule has 0 atom stereocenters. The van der Waals surface area contributed by atoms with Crippen molar-refractivity contribution in [3.05, 3.63) is 41.4 Å². The Morgan fingerprint density at radius 2 is 2.17 bits per heavy atom. The molecule has 24 heavy (non-hydrogen) atoms. The summed E-state index contributed by atoms with van der Waals surface area (Å²) < 4.78 is 12.9. The Morgan fingerprint density at radius 3 is 2.88 bits per heavy atom. The molecule has 1 aliphatic rings. The second-order valence-corrected chi connectivity index (χ2v) is 5.74. The molecule has 6 nitrogen and oxygen atoms in total. The summed E-state index contributed by atoms with van der Waals surface area (Å²) in [5, 5.41) is 2.99. The number of amides is 2. The summed E-state index contributed by atoms with van der Waals surface area (Å²) in [6, 6.07) is 5.87. The minimum Gasteiger partial charge on any atom is -0.369 e. The molecular formula is C16H17ClFN5O. The molecule has 0 aromatic carbocycles. The molecule has 126 valence electrons. The van der Waals surface area contributed by atoms with Gasteiger partial charge in [0.15, 0.2) is 5.82 Å². The lowest BCUT2D eigenvalue weighted by molar-refractivity contribution is 0.256. The number of halogens is 2. The standard InChI is InChI=1S/C16H17ClFN5O/c1-2-22-8-3-9-23(15-12(22)5-6-13(17)20-15)16(24)21-14-7-4-11(18)10-19-14/h4-7,10H,2-3,8-9H2,1H3,(H,19,21,24). The van der Waals surface area contributed by atoms with Crippen molar-refractivity contribution < 1.29 is 9.18 Å². The number of urea groups is 1. The summed E-state index contributed by atoms with van der Waals surface area (Å²) in [5.74, 6) is 0.336. The summed E-state index contributed by atoms with van der Waals surface area (Å²) in [7, 11) is 0. The molecule has 8 heteroatoms. The minimum absolute atomic E-state index is 0.279. The fourth-order valence-corrected chi connectivity index (χ4v) is 2.81. The number of nitrogens with one attached hydrogen (secondary N) is 1. The maximum absolute atomic E-state index is 12.9. The number of fused-ring (bicyclic) bond motifs is 1. The van der Waals surface area contributed by atoms with Crippen LogP contribution in [0.3, 0.4) is 0 Å². The topological polar surface area (TPSA) is 61.4 Å². The van der Waals surface area contributed by atoms with Gasteiger partial charge in [-0.3, -0.25) is 10.2 Å². The van der Waals surface area contributed by atoms with Crippen molar-refractivity contribution in [2.45, 2.75) is 13.3 Å². The van der Waals surface area contributed by atoms with Crippen LogP contribution in [0.2, 0.25) is 5.15 Å². The maximum Gasteiger partial charge on any atom is 0.328 e. The van der Waals surface area contributed by atoms with Crippen LogP contribution < -0.4 is 15.1 Å². The predicted octanol–water partition coefficient (Wildman–Crippen LogP) is 3.54. The Morgan fingerprint density at radius 1 is 1.33 bits per heavy atom. The molecule has 0 unspecified atom stereocenters. The van der Waals surface area contributed by atoms with Gasteiger partial charge in [0, 0.05) is 19.6 Å². The van der Waals surface area contributed by atoms with Gasteiger partial charge in [0.1, 0.15) is 16.8 Å². The fourth-order valence-electron chi connectivity index (χ4n) is 2.66. The summed E-state index contributed by atoms with van der Waals surface area (Å²) in [6.07, 6.45) is 1.85. The van der Waals surface area contributed by atoms with Crippen LogP contribution in [-0.4, -0.2) is 35.6 Å². The largest absolute Gasteiger partial charge is 0.369 e. The zero-order chi connectivity index (χ0) is 17.1. The quantitative estimate of drug-likeness (QED) is 0.842. The van der Waals surface area contributed by atoms with E-state index in [1.54, 1.807) is 11.0 Å². The molecule has 0 aliphatic carbocycles. The molecule has 1 N–H and O–H groups in total. The zero-order valence-corrected chi connectivity index (χ0v) is 13.9. The minimum atomic E-state index is -0.458. The van der Waals surface area contributed by atoms with Gasteiger partial charge in [-0.25, -0.2) is 19.2 Å². The van der Waals surface area contributed by atoms with E-state index in [0.717, 1.165) is 31.4 Å². The van der Waals surface area contributed by atoms with Gasteiger partial charge >= 0.3 is 6.03 Å². The van der Waals surface area contributed by atoms with E-state index in [2.05, 4.69) is 27.1 Å². The zero-order valence-electron chi connectivity index (χ0n) is 13.2. The average molecular weight is 350 g/mol. The second-order valence-electron chi connectivity index (χ2n) is 5.35. The molecule has 2 aromatic heterocycles. The van der Waals surface area contributed by atoms with Crippen LogP contribution in [0, 0.1) is 5.82 Å². The number of anilines is 3. The highest BCUT2D eigenvalue weighted by Crippen LogP contribution is 2.32. The van der Waals surface area contributed by atoms with Gasteiger partial charge in [0.25, 0.3) is 0 Å². The average Bonchev–Trinajstić information content (AvgIpc) is 2.75. The Bertz CT molecular complexity index is 740. The lowest BCUT2D eigenvalue weighted by Gasteiger charge is -2.24. The molecule has 3 heterocycles. The maximum atomic E-state index is 12.9. The van der Waals surface area contributed by atoms with Crippen LogP contribution in [0.25, 0.3) is 0 Å². The summed E-state index contributed by atoms with van der Waals surface area (Å²) in [5.41, 5.74) is 0.863. The first kappa shape index (κ1) is 16.4. The van der Waals surface area contributed by atoms with Crippen LogP contribution >= 0.6 is 11.6 Å². The Hall–Kier alpha value is -2.41. The van der Waals surface area contributed by atoms with Crippen molar-refractivity contribution >= 4 is 35.0 Å². The van der Waals surface area contributed by atoms with Gasteiger partial charge in [-0.1, -0.05) is 11.6 Å². The van der Waals surface area contributed by atoms with E-state index >= 15 is 0 Å². The number of aromatic nitrogens is 2. The number of hydrogen-bond donors (Lipinski definition) is 1. The summed E-state index contributed by atoms with van der Waals surface area (Å²) in [4.78, 5) is 24.5. The van der Waals surface area contributed by atoms with E-state index in [4.69, 9.17) is 11.6 Å². The SMILES string of the molecule is CCN1CCCN(C(=O)Nc2ccc(F)cn2)c2nc(Cl)ccc21. The number of pyridine rings is 2. The third-order valence-electron chi connectivity index (χ3n) is 3.82. The predicted molar refractivity (Wildman–Crippen MR) is 92.3 cm³/mol. The number of rotatable bonds is 2. The summed E-state index contributed by atoms with van der Waals surface area (Å²) in [6.45, 7) is 4.19. The van der Waals surface area contributed by atoms with E-state index in [9.17, 15) is 9.18 Å². The fraction of sp³-hybridized carbons (Fsp3) is 0.312. The molecule has 2 amide bonds. The number of carbonyl (C=O) groups excluding carboxylic acids is 1. The van der Waals surface area contributed by atoms with Crippen molar-refractivity contribution in [2.24, 2.45) is 0 Å². The third kappa shape index (κ3) is 3.41. The molecule has 0 fully saturated rings. The molecule has 0 bridgehead atoms. The lowest BCUT2D eigenvalue weighted by Crippen LogP contribution is -2.36. The van der Waals surface area contributed by atoms with Gasteiger partial charge in [0.05, 0.1) is 11.9 Å². The second kappa shape index (κ2) is 7.00. The molecule has 0 saturated carbocycles. The highest BCUT2D eigenvalue weighted by atomic mass is 35.5. The smallest absolute Gasteiger partial charge is 0.328 e. The third-order valence-corrected chi connectivity index (χ3v) is 4.03.